The van der Waals surface area contributed by atoms with Crippen LogP contribution in [0.4, 0.5) is 11.4 Å². The molecule has 5 heteroatoms. The number of carbonyl (C=O) groups excluding carboxylic acids is 1. The van der Waals surface area contributed by atoms with Crippen LogP contribution in [0.3, 0.4) is 0 Å². The summed E-state index contributed by atoms with van der Waals surface area (Å²) >= 11 is 5.22. The van der Waals surface area contributed by atoms with Crippen molar-refractivity contribution in [3.8, 4) is 0 Å². The topological polar surface area (TPSA) is 44.4 Å². The Bertz CT molecular complexity index is 545. The zero-order chi connectivity index (χ0) is 16.9. The summed E-state index contributed by atoms with van der Waals surface area (Å²) in [6.07, 6.45) is 0. The lowest BCUT2D eigenvalue weighted by Crippen LogP contribution is -2.41. The number of hydrogen-bond donors (Lipinski definition) is 2. The predicted molar refractivity (Wildman–Crippen MR) is 98.6 cm³/mol. The van der Waals surface area contributed by atoms with E-state index in [4.69, 9.17) is 12.2 Å². The van der Waals surface area contributed by atoms with Crippen molar-refractivity contribution in [3.63, 3.8) is 0 Å². The van der Waals surface area contributed by atoms with Gasteiger partial charge in [0.05, 0.1) is 0 Å². The molecule has 0 aliphatic carbocycles. The van der Waals surface area contributed by atoms with Gasteiger partial charge in [-0.25, -0.2) is 0 Å². The van der Waals surface area contributed by atoms with E-state index in [0.29, 0.717) is 5.11 Å². The minimum Gasteiger partial charge on any atom is -0.372 e. The third-order valence-electron chi connectivity index (χ3n) is 3.50. The second-order valence-electron chi connectivity index (χ2n) is 6.33. The molecule has 0 radical (unpaired) electrons. The van der Waals surface area contributed by atoms with Crippen LogP contribution in [0.5, 0.6) is 0 Å². The van der Waals surface area contributed by atoms with E-state index in [1.165, 1.54) is 5.69 Å². The van der Waals surface area contributed by atoms with E-state index in [0.717, 1.165) is 24.3 Å². The summed E-state index contributed by atoms with van der Waals surface area (Å²) in [7, 11) is 0. The maximum Gasteiger partial charge on any atom is 0.231 e. The molecule has 0 aliphatic heterocycles. The number of thiocarbonyl (C=S) groups is 1. The largest absolute Gasteiger partial charge is 0.372 e. The number of anilines is 2. The van der Waals surface area contributed by atoms with Crippen LogP contribution in [0, 0.1) is 12.3 Å². The number of carbonyl (C=O) groups is 1. The molecule has 1 amide bonds. The molecule has 0 bridgehead atoms. The van der Waals surface area contributed by atoms with Gasteiger partial charge in [-0.3, -0.25) is 4.79 Å². The lowest BCUT2D eigenvalue weighted by molar-refractivity contribution is -0.126. The van der Waals surface area contributed by atoms with Gasteiger partial charge in [-0.05, 0) is 56.8 Å². The minimum atomic E-state index is -0.465. The third kappa shape index (κ3) is 4.98. The summed E-state index contributed by atoms with van der Waals surface area (Å²) in [6, 6.07) is 6.19. The average Bonchev–Trinajstić information content (AvgIpc) is 2.42. The zero-order valence-electron chi connectivity index (χ0n) is 14.4. The molecule has 4 nitrogen and oxygen atoms in total. The van der Waals surface area contributed by atoms with Crippen molar-refractivity contribution in [2.24, 2.45) is 5.41 Å². The molecule has 0 aliphatic rings. The second-order valence-corrected chi connectivity index (χ2v) is 6.74. The monoisotopic (exact) mass is 321 g/mol. The van der Waals surface area contributed by atoms with E-state index in [-0.39, 0.29) is 5.91 Å². The Labute approximate surface area is 139 Å². The summed E-state index contributed by atoms with van der Waals surface area (Å²) in [6.45, 7) is 13.8. The van der Waals surface area contributed by atoms with E-state index in [2.05, 4.69) is 41.5 Å². The van der Waals surface area contributed by atoms with Gasteiger partial charge in [0.2, 0.25) is 5.91 Å². The Kier molecular flexibility index (Phi) is 6.35. The molecule has 0 heterocycles. The van der Waals surface area contributed by atoms with Gasteiger partial charge in [-0.1, -0.05) is 20.8 Å². The maximum atomic E-state index is 11.9. The fourth-order valence-electron chi connectivity index (χ4n) is 2.02. The van der Waals surface area contributed by atoms with Crippen LogP contribution in [-0.4, -0.2) is 24.1 Å². The van der Waals surface area contributed by atoms with Gasteiger partial charge in [0.15, 0.2) is 5.11 Å². The number of amides is 1. The van der Waals surface area contributed by atoms with Crippen molar-refractivity contribution in [1.82, 2.24) is 5.32 Å². The molecule has 0 saturated carbocycles. The molecule has 22 heavy (non-hydrogen) atoms. The number of nitrogens with zero attached hydrogens (tertiary/aromatic N) is 1. The Morgan fingerprint density at radius 1 is 1.23 bits per heavy atom. The van der Waals surface area contributed by atoms with Gasteiger partial charge in [-0.2, -0.15) is 0 Å². The van der Waals surface area contributed by atoms with Crippen molar-refractivity contribution in [2.75, 3.05) is 23.3 Å². The zero-order valence-corrected chi connectivity index (χ0v) is 15.2. The van der Waals surface area contributed by atoms with Gasteiger partial charge >= 0.3 is 0 Å². The minimum absolute atomic E-state index is 0.0950. The lowest BCUT2D eigenvalue weighted by Gasteiger charge is -2.23. The number of hydrogen-bond acceptors (Lipinski definition) is 3. The van der Waals surface area contributed by atoms with Crippen LogP contribution in [0.2, 0.25) is 0 Å². The van der Waals surface area contributed by atoms with Crippen molar-refractivity contribution in [1.29, 1.82) is 0 Å². The van der Waals surface area contributed by atoms with Crippen LogP contribution in [-0.2, 0) is 4.79 Å². The van der Waals surface area contributed by atoms with Crippen LogP contribution >= 0.6 is 12.2 Å². The third-order valence-corrected chi connectivity index (χ3v) is 3.70. The van der Waals surface area contributed by atoms with Gasteiger partial charge in [0, 0.05) is 29.9 Å². The molecule has 0 atom stereocenters. The first-order chi connectivity index (χ1) is 10.2. The van der Waals surface area contributed by atoms with Gasteiger partial charge in [-0.15, -0.1) is 0 Å². The SMILES string of the molecule is CCN(CC)c1ccc(NC(=S)NC(=O)C(C)(C)C)c(C)c1. The first kappa shape index (κ1) is 18.4. The van der Waals surface area contributed by atoms with E-state index in [1.54, 1.807) is 0 Å². The number of benzene rings is 1. The highest BCUT2D eigenvalue weighted by Crippen LogP contribution is 2.22. The van der Waals surface area contributed by atoms with Crippen molar-refractivity contribution in [2.45, 2.75) is 41.5 Å². The highest BCUT2D eigenvalue weighted by molar-refractivity contribution is 7.80. The van der Waals surface area contributed by atoms with Crippen molar-refractivity contribution in [3.05, 3.63) is 23.8 Å². The van der Waals surface area contributed by atoms with E-state index in [9.17, 15) is 4.79 Å². The number of rotatable bonds is 4. The number of aryl methyl sites for hydroxylation is 1. The molecule has 0 saturated heterocycles. The number of nitrogens with one attached hydrogen (secondary N) is 2. The molecule has 1 rings (SSSR count). The van der Waals surface area contributed by atoms with Crippen LogP contribution in [0.25, 0.3) is 0 Å². The summed E-state index contributed by atoms with van der Waals surface area (Å²) in [5, 5.41) is 6.15. The molecule has 0 unspecified atom stereocenters. The van der Waals surface area contributed by atoms with Crippen molar-refractivity contribution < 1.29 is 4.79 Å². The van der Waals surface area contributed by atoms with Gasteiger partial charge in [0.1, 0.15) is 0 Å². The van der Waals surface area contributed by atoms with Gasteiger partial charge < -0.3 is 15.5 Å². The standard InChI is InChI=1S/C17H27N3OS/c1-7-20(8-2)13-9-10-14(12(3)11-13)18-16(22)19-15(21)17(4,5)6/h9-11H,7-8H2,1-6H3,(H2,18,19,21,22). The summed E-state index contributed by atoms with van der Waals surface area (Å²) < 4.78 is 0. The van der Waals surface area contributed by atoms with Crippen LogP contribution < -0.4 is 15.5 Å². The highest BCUT2D eigenvalue weighted by Gasteiger charge is 2.22. The molecule has 2 N–H and O–H groups in total. The first-order valence-electron chi connectivity index (χ1n) is 7.67. The first-order valence-corrected chi connectivity index (χ1v) is 8.07. The summed E-state index contributed by atoms with van der Waals surface area (Å²) in [4.78, 5) is 14.2. The molecular weight excluding hydrogens is 294 g/mol. The molecule has 1 aromatic rings. The Balaban J connectivity index is 2.79. The average molecular weight is 321 g/mol. The van der Waals surface area contributed by atoms with E-state index < -0.39 is 5.41 Å². The highest BCUT2D eigenvalue weighted by atomic mass is 32.1. The van der Waals surface area contributed by atoms with Crippen LogP contribution in [0.1, 0.15) is 40.2 Å². The quantitative estimate of drug-likeness (QED) is 0.830. The summed E-state index contributed by atoms with van der Waals surface area (Å²) in [5.74, 6) is -0.0950. The van der Waals surface area contributed by atoms with Crippen LogP contribution in [0.15, 0.2) is 18.2 Å². The Morgan fingerprint density at radius 3 is 2.27 bits per heavy atom. The maximum absolute atomic E-state index is 11.9. The lowest BCUT2D eigenvalue weighted by atomic mass is 9.96. The Hall–Kier alpha value is -1.62. The molecule has 122 valence electrons. The fourth-order valence-corrected chi connectivity index (χ4v) is 2.22. The van der Waals surface area contributed by atoms with Crippen molar-refractivity contribution >= 4 is 34.6 Å². The van der Waals surface area contributed by atoms with Gasteiger partial charge in [0.25, 0.3) is 0 Å². The smallest absolute Gasteiger partial charge is 0.231 e. The molecule has 0 aromatic heterocycles. The van der Waals surface area contributed by atoms with E-state index in [1.807, 2.05) is 33.8 Å². The normalized spacial score (nSPS) is 11.0. The Morgan fingerprint density at radius 2 is 1.82 bits per heavy atom. The fraction of sp³-hybridized carbons (Fsp3) is 0.529. The summed E-state index contributed by atoms with van der Waals surface area (Å²) in [5.41, 5.74) is 2.73. The molecular formula is C17H27N3OS. The molecule has 0 fully saturated rings. The van der Waals surface area contributed by atoms with E-state index >= 15 is 0 Å². The predicted octanol–water partition coefficient (Wildman–Crippen LogP) is 3.70. The molecule has 1 aromatic carbocycles. The second kappa shape index (κ2) is 7.58. The molecule has 0 spiro atoms.